The second-order valence-corrected chi connectivity index (χ2v) is 7.46. The van der Waals surface area contributed by atoms with Gasteiger partial charge in [0.15, 0.2) is 5.82 Å². The predicted octanol–water partition coefficient (Wildman–Crippen LogP) is 3.74. The number of aromatic nitrogens is 1. The molecular weight excluding hydrogens is 366 g/mol. The summed E-state index contributed by atoms with van der Waals surface area (Å²) < 4.78 is 4.95. The van der Waals surface area contributed by atoms with Gasteiger partial charge in [-0.15, -0.1) is 0 Å². The van der Waals surface area contributed by atoms with Crippen molar-refractivity contribution in [1.29, 1.82) is 0 Å². The highest BCUT2D eigenvalue weighted by molar-refractivity contribution is 6.30. The second-order valence-electron chi connectivity index (χ2n) is 7.03. The smallest absolute Gasteiger partial charge is 0.228 e. The lowest BCUT2D eigenvalue weighted by atomic mass is 9.81. The highest BCUT2D eigenvalue weighted by Gasteiger charge is 2.30. The molecule has 1 fully saturated rings. The van der Waals surface area contributed by atoms with Crippen LogP contribution in [0.3, 0.4) is 0 Å². The Labute approximate surface area is 163 Å². The van der Waals surface area contributed by atoms with Gasteiger partial charge in [0, 0.05) is 29.5 Å². The van der Waals surface area contributed by atoms with Crippen LogP contribution in [0.1, 0.15) is 37.0 Å². The van der Waals surface area contributed by atoms with Crippen LogP contribution in [0.4, 0.5) is 5.82 Å². The fourth-order valence-electron chi connectivity index (χ4n) is 3.40. The number of halogens is 1. The number of aryl methyl sites for hydroxylation is 1. The minimum atomic E-state index is -0.0832. The highest BCUT2D eigenvalue weighted by Crippen LogP contribution is 2.29. The molecule has 1 heterocycles. The van der Waals surface area contributed by atoms with Crippen LogP contribution in [0.25, 0.3) is 0 Å². The second kappa shape index (κ2) is 9.04. The summed E-state index contributed by atoms with van der Waals surface area (Å²) in [5.41, 5.74) is 1.14. The molecule has 7 heteroatoms. The number of carbonyl (C=O) groups is 2. The average molecular weight is 390 g/mol. The molecule has 0 unspecified atom stereocenters. The molecule has 2 N–H and O–H groups in total. The van der Waals surface area contributed by atoms with E-state index in [2.05, 4.69) is 15.8 Å². The van der Waals surface area contributed by atoms with E-state index in [1.807, 2.05) is 24.3 Å². The third-order valence-electron chi connectivity index (χ3n) is 4.97. The SMILES string of the molecule is Cc1cc(NC(=O)C2CCC(C(=O)NCCc3ccc(Cl)cc3)CC2)no1. The molecule has 1 aliphatic carbocycles. The standard InChI is InChI=1S/C20H24ClN3O3/c1-13-12-18(24-27-13)23-20(26)16-6-4-15(5-7-16)19(25)22-11-10-14-2-8-17(21)9-3-14/h2-3,8-9,12,15-16H,4-7,10-11H2,1H3,(H,22,25)(H,23,24,26). The van der Waals surface area contributed by atoms with Crippen LogP contribution < -0.4 is 10.6 Å². The first-order valence-corrected chi connectivity index (χ1v) is 9.65. The van der Waals surface area contributed by atoms with Crippen LogP contribution in [0.15, 0.2) is 34.9 Å². The van der Waals surface area contributed by atoms with E-state index in [4.69, 9.17) is 16.1 Å². The van der Waals surface area contributed by atoms with Crippen molar-refractivity contribution in [3.8, 4) is 0 Å². The van der Waals surface area contributed by atoms with Gasteiger partial charge in [-0.1, -0.05) is 28.9 Å². The number of amides is 2. The lowest BCUT2D eigenvalue weighted by Gasteiger charge is -2.26. The molecule has 0 bridgehead atoms. The van der Waals surface area contributed by atoms with Crippen LogP contribution in [-0.4, -0.2) is 23.5 Å². The fraction of sp³-hybridized carbons (Fsp3) is 0.450. The molecule has 144 valence electrons. The Balaban J connectivity index is 1.38. The van der Waals surface area contributed by atoms with Gasteiger partial charge in [-0.2, -0.15) is 0 Å². The Bertz CT molecular complexity index is 780. The van der Waals surface area contributed by atoms with Gasteiger partial charge in [0.2, 0.25) is 11.8 Å². The van der Waals surface area contributed by atoms with E-state index >= 15 is 0 Å². The average Bonchev–Trinajstić information content (AvgIpc) is 3.08. The number of anilines is 1. The highest BCUT2D eigenvalue weighted by atomic mass is 35.5. The number of hydrogen-bond donors (Lipinski definition) is 2. The van der Waals surface area contributed by atoms with Crippen molar-refractivity contribution >= 4 is 29.2 Å². The van der Waals surface area contributed by atoms with Crippen molar-refractivity contribution in [2.24, 2.45) is 11.8 Å². The molecule has 1 aliphatic rings. The molecule has 1 aromatic heterocycles. The lowest BCUT2D eigenvalue weighted by molar-refractivity contribution is -0.128. The van der Waals surface area contributed by atoms with E-state index in [9.17, 15) is 9.59 Å². The Morgan fingerprint density at radius 1 is 1.11 bits per heavy atom. The van der Waals surface area contributed by atoms with Crippen LogP contribution >= 0.6 is 11.6 Å². The monoisotopic (exact) mass is 389 g/mol. The molecule has 0 saturated heterocycles. The minimum absolute atomic E-state index is 0.0198. The maximum absolute atomic E-state index is 12.4. The maximum atomic E-state index is 12.4. The van der Waals surface area contributed by atoms with Crippen molar-refractivity contribution in [2.45, 2.75) is 39.0 Å². The van der Waals surface area contributed by atoms with Gasteiger partial charge in [-0.05, 0) is 56.7 Å². The molecule has 0 atom stereocenters. The van der Waals surface area contributed by atoms with Crippen molar-refractivity contribution < 1.29 is 14.1 Å². The van der Waals surface area contributed by atoms with Crippen molar-refractivity contribution in [3.63, 3.8) is 0 Å². The molecule has 0 aliphatic heterocycles. The number of rotatable bonds is 6. The fourth-order valence-corrected chi connectivity index (χ4v) is 3.52. The Hall–Kier alpha value is -2.34. The zero-order valence-corrected chi connectivity index (χ0v) is 16.1. The van der Waals surface area contributed by atoms with Crippen LogP contribution in [-0.2, 0) is 16.0 Å². The Morgan fingerprint density at radius 2 is 1.74 bits per heavy atom. The summed E-state index contributed by atoms with van der Waals surface area (Å²) in [6.07, 6.45) is 3.64. The molecular formula is C20H24ClN3O3. The van der Waals surface area contributed by atoms with Gasteiger partial charge < -0.3 is 15.2 Å². The van der Waals surface area contributed by atoms with Crippen LogP contribution in [0, 0.1) is 18.8 Å². The summed E-state index contributed by atoms with van der Waals surface area (Å²) in [7, 11) is 0. The van der Waals surface area contributed by atoms with Crippen molar-refractivity contribution in [3.05, 3.63) is 46.7 Å². The van der Waals surface area contributed by atoms with Crippen molar-refractivity contribution in [2.75, 3.05) is 11.9 Å². The predicted molar refractivity (Wildman–Crippen MR) is 103 cm³/mol. The maximum Gasteiger partial charge on any atom is 0.228 e. The summed E-state index contributed by atoms with van der Waals surface area (Å²) in [6, 6.07) is 9.33. The van der Waals surface area contributed by atoms with Crippen LogP contribution in [0.5, 0.6) is 0 Å². The summed E-state index contributed by atoms with van der Waals surface area (Å²) in [5, 5.41) is 10.3. The molecule has 0 radical (unpaired) electrons. The normalized spacial score (nSPS) is 19.5. The largest absolute Gasteiger partial charge is 0.360 e. The molecule has 0 spiro atoms. The molecule has 1 saturated carbocycles. The number of nitrogens with zero attached hydrogens (tertiary/aromatic N) is 1. The zero-order valence-electron chi connectivity index (χ0n) is 15.3. The van der Waals surface area contributed by atoms with E-state index < -0.39 is 0 Å². The van der Waals surface area contributed by atoms with E-state index in [-0.39, 0.29) is 23.7 Å². The van der Waals surface area contributed by atoms with Gasteiger partial charge >= 0.3 is 0 Å². The van der Waals surface area contributed by atoms with E-state index in [1.54, 1.807) is 13.0 Å². The zero-order chi connectivity index (χ0) is 19.2. The summed E-state index contributed by atoms with van der Waals surface area (Å²) in [5.74, 6) is 1.03. The van der Waals surface area contributed by atoms with E-state index in [0.717, 1.165) is 24.8 Å². The van der Waals surface area contributed by atoms with Gasteiger partial charge in [0.25, 0.3) is 0 Å². The first-order chi connectivity index (χ1) is 13.0. The Kier molecular flexibility index (Phi) is 6.50. The molecule has 2 aromatic rings. The van der Waals surface area contributed by atoms with E-state index in [1.165, 1.54) is 0 Å². The van der Waals surface area contributed by atoms with Gasteiger partial charge in [0.05, 0.1) is 0 Å². The quantitative estimate of drug-likeness (QED) is 0.788. The van der Waals surface area contributed by atoms with Crippen molar-refractivity contribution in [1.82, 2.24) is 10.5 Å². The van der Waals surface area contributed by atoms with Gasteiger partial charge in [-0.3, -0.25) is 9.59 Å². The first kappa shape index (κ1) is 19.4. The first-order valence-electron chi connectivity index (χ1n) is 9.27. The Morgan fingerprint density at radius 3 is 2.33 bits per heavy atom. The van der Waals surface area contributed by atoms with Gasteiger partial charge in [-0.25, -0.2) is 0 Å². The van der Waals surface area contributed by atoms with Crippen LogP contribution in [0.2, 0.25) is 5.02 Å². The molecule has 2 amide bonds. The summed E-state index contributed by atoms with van der Waals surface area (Å²) in [6.45, 7) is 2.38. The molecule has 27 heavy (non-hydrogen) atoms. The summed E-state index contributed by atoms with van der Waals surface area (Å²) in [4.78, 5) is 24.7. The molecule has 6 nitrogen and oxygen atoms in total. The number of benzene rings is 1. The molecule has 1 aromatic carbocycles. The minimum Gasteiger partial charge on any atom is -0.360 e. The lowest BCUT2D eigenvalue weighted by Crippen LogP contribution is -2.36. The number of nitrogens with one attached hydrogen (secondary N) is 2. The van der Waals surface area contributed by atoms with Gasteiger partial charge in [0.1, 0.15) is 5.76 Å². The molecule has 3 rings (SSSR count). The third kappa shape index (κ3) is 5.57. The van der Waals surface area contributed by atoms with E-state index in [0.29, 0.717) is 36.0 Å². The number of carbonyl (C=O) groups excluding carboxylic acids is 2. The topological polar surface area (TPSA) is 84.2 Å². The third-order valence-corrected chi connectivity index (χ3v) is 5.23. The number of hydrogen-bond acceptors (Lipinski definition) is 4. The summed E-state index contributed by atoms with van der Waals surface area (Å²) >= 11 is 5.87.